The number of nitrogens with one attached hydrogen (secondary N) is 1. The highest BCUT2D eigenvalue weighted by atomic mass is 16.5. The summed E-state index contributed by atoms with van der Waals surface area (Å²) in [6, 6.07) is 7.43. The van der Waals surface area contributed by atoms with Crippen LogP contribution in [-0.2, 0) is 0 Å². The summed E-state index contributed by atoms with van der Waals surface area (Å²) in [5.41, 5.74) is 0.952. The second-order valence-corrected chi connectivity index (χ2v) is 4.75. The van der Waals surface area contributed by atoms with Gasteiger partial charge in [0.1, 0.15) is 17.9 Å². The monoisotopic (exact) mass is 296 g/mol. The van der Waals surface area contributed by atoms with E-state index >= 15 is 0 Å². The number of rotatable bonds is 5. The fraction of sp³-hybridized carbons (Fsp3) is 0.200. The van der Waals surface area contributed by atoms with Crippen molar-refractivity contribution in [1.82, 2.24) is 24.7 Å². The summed E-state index contributed by atoms with van der Waals surface area (Å²) >= 11 is 0. The number of hydrogen-bond acceptors (Lipinski definition) is 6. The SMILES string of the molecule is Cc1ccc(OC(C)Nc2cc(-n3cccn3)ncn2)cn1. The molecule has 0 spiro atoms. The van der Waals surface area contributed by atoms with Gasteiger partial charge in [-0.15, -0.1) is 0 Å². The Hall–Kier alpha value is -2.96. The lowest BCUT2D eigenvalue weighted by atomic mass is 10.4. The lowest BCUT2D eigenvalue weighted by Crippen LogP contribution is -2.23. The highest BCUT2D eigenvalue weighted by Gasteiger charge is 2.07. The van der Waals surface area contributed by atoms with Gasteiger partial charge >= 0.3 is 0 Å². The van der Waals surface area contributed by atoms with Crippen LogP contribution in [-0.4, -0.2) is 31.0 Å². The molecule has 0 fully saturated rings. The second-order valence-electron chi connectivity index (χ2n) is 4.75. The van der Waals surface area contributed by atoms with E-state index in [-0.39, 0.29) is 6.23 Å². The van der Waals surface area contributed by atoms with Crippen LogP contribution in [0.2, 0.25) is 0 Å². The summed E-state index contributed by atoms with van der Waals surface area (Å²) in [4.78, 5) is 12.6. The summed E-state index contributed by atoms with van der Waals surface area (Å²) in [6.07, 6.45) is 6.45. The highest BCUT2D eigenvalue weighted by Crippen LogP contribution is 2.13. The lowest BCUT2D eigenvalue weighted by molar-refractivity contribution is 0.249. The minimum absolute atomic E-state index is 0.259. The predicted octanol–water partition coefficient (Wildman–Crippen LogP) is 2.20. The molecule has 0 saturated heterocycles. The lowest BCUT2D eigenvalue weighted by Gasteiger charge is -2.16. The summed E-state index contributed by atoms with van der Waals surface area (Å²) in [5.74, 6) is 2.05. The van der Waals surface area contributed by atoms with Crippen molar-refractivity contribution in [3.8, 4) is 11.6 Å². The maximum Gasteiger partial charge on any atom is 0.168 e. The number of ether oxygens (including phenoxy) is 1. The number of aryl methyl sites for hydroxylation is 1. The Bertz CT molecular complexity index is 726. The van der Waals surface area contributed by atoms with E-state index in [1.807, 2.05) is 38.2 Å². The van der Waals surface area contributed by atoms with E-state index in [2.05, 4.69) is 25.4 Å². The van der Waals surface area contributed by atoms with Gasteiger partial charge in [-0.05, 0) is 32.0 Å². The summed E-state index contributed by atoms with van der Waals surface area (Å²) in [5, 5.41) is 7.31. The molecule has 0 saturated carbocycles. The second kappa shape index (κ2) is 6.21. The van der Waals surface area contributed by atoms with Gasteiger partial charge in [-0.25, -0.2) is 14.6 Å². The van der Waals surface area contributed by atoms with Gasteiger partial charge in [-0.3, -0.25) is 4.98 Å². The molecule has 112 valence electrons. The Balaban J connectivity index is 1.67. The molecule has 7 heteroatoms. The summed E-state index contributed by atoms with van der Waals surface area (Å²) in [6.45, 7) is 3.83. The first-order chi connectivity index (χ1) is 10.7. The molecule has 1 atom stereocenters. The van der Waals surface area contributed by atoms with Gasteiger partial charge in [0.2, 0.25) is 0 Å². The molecular formula is C15H16N6O. The predicted molar refractivity (Wildman–Crippen MR) is 81.8 cm³/mol. The molecule has 22 heavy (non-hydrogen) atoms. The van der Waals surface area contributed by atoms with Crippen LogP contribution < -0.4 is 10.1 Å². The fourth-order valence-corrected chi connectivity index (χ4v) is 1.92. The quantitative estimate of drug-likeness (QED) is 0.727. The van der Waals surface area contributed by atoms with Gasteiger partial charge in [-0.2, -0.15) is 5.10 Å². The van der Waals surface area contributed by atoms with E-state index < -0.39 is 0 Å². The summed E-state index contributed by atoms with van der Waals surface area (Å²) < 4.78 is 7.42. The first-order valence-corrected chi connectivity index (χ1v) is 6.88. The molecule has 1 unspecified atom stereocenters. The van der Waals surface area contributed by atoms with Crippen LogP contribution in [0.15, 0.2) is 49.2 Å². The molecule has 0 aliphatic rings. The van der Waals surface area contributed by atoms with Crippen LogP contribution in [0.3, 0.4) is 0 Å². The number of pyridine rings is 1. The molecule has 3 heterocycles. The van der Waals surface area contributed by atoms with Crippen molar-refractivity contribution >= 4 is 5.82 Å². The molecule has 0 aromatic carbocycles. The molecule has 0 bridgehead atoms. The Morgan fingerprint density at radius 2 is 2.14 bits per heavy atom. The molecule has 0 amide bonds. The van der Waals surface area contributed by atoms with Gasteiger partial charge in [0, 0.05) is 24.2 Å². The van der Waals surface area contributed by atoms with Crippen molar-refractivity contribution < 1.29 is 4.74 Å². The molecule has 7 nitrogen and oxygen atoms in total. The maximum atomic E-state index is 5.75. The standard InChI is InChI=1S/C15H16N6O/c1-11-4-5-13(9-16-11)22-12(2)20-14-8-15(18-10-17-14)21-7-3-6-19-21/h3-10,12H,1-2H3,(H,17,18,20). The maximum absolute atomic E-state index is 5.75. The molecule has 1 N–H and O–H groups in total. The average molecular weight is 296 g/mol. The Kier molecular flexibility index (Phi) is 3.95. The van der Waals surface area contributed by atoms with Crippen molar-refractivity contribution in [3.63, 3.8) is 0 Å². The van der Waals surface area contributed by atoms with E-state index in [1.54, 1.807) is 23.1 Å². The number of nitrogens with zero attached hydrogens (tertiary/aromatic N) is 5. The van der Waals surface area contributed by atoms with Crippen LogP contribution in [0.1, 0.15) is 12.6 Å². The normalized spacial score (nSPS) is 11.9. The smallest absolute Gasteiger partial charge is 0.168 e. The van der Waals surface area contributed by atoms with Crippen LogP contribution in [0.5, 0.6) is 5.75 Å². The zero-order valence-electron chi connectivity index (χ0n) is 12.3. The van der Waals surface area contributed by atoms with Gasteiger partial charge < -0.3 is 10.1 Å². The van der Waals surface area contributed by atoms with E-state index in [9.17, 15) is 0 Å². The molecule has 0 radical (unpaired) electrons. The number of anilines is 1. The third kappa shape index (κ3) is 3.38. The molecule has 3 aromatic heterocycles. The van der Waals surface area contributed by atoms with E-state index in [0.717, 1.165) is 5.69 Å². The zero-order chi connectivity index (χ0) is 15.4. The molecule has 0 aliphatic carbocycles. The third-order valence-corrected chi connectivity index (χ3v) is 2.94. The van der Waals surface area contributed by atoms with Crippen LogP contribution >= 0.6 is 0 Å². The van der Waals surface area contributed by atoms with Crippen molar-refractivity contribution in [2.45, 2.75) is 20.1 Å². The van der Waals surface area contributed by atoms with Crippen molar-refractivity contribution in [2.24, 2.45) is 0 Å². The van der Waals surface area contributed by atoms with Gasteiger partial charge in [0.15, 0.2) is 12.0 Å². The Labute approximate surface area is 128 Å². The Morgan fingerprint density at radius 3 is 2.86 bits per heavy atom. The largest absolute Gasteiger partial charge is 0.469 e. The number of hydrogen-bond donors (Lipinski definition) is 1. The minimum Gasteiger partial charge on any atom is -0.469 e. The fourth-order valence-electron chi connectivity index (χ4n) is 1.92. The number of aromatic nitrogens is 5. The average Bonchev–Trinajstić information content (AvgIpc) is 3.04. The first kappa shape index (κ1) is 14.0. The third-order valence-electron chi connectivity index (χ3n) is 2.94. The van der Waals surface area contributed by atoms with Crippen molar-refractivity contribution in [2.75, 3.05) is 5.32 Å². The van der Waals surface area contributed by atoms with Gasteiger partial charge in [0.05, 0.1) is 6.20 Å². The summed E-state index contributed by atoms with van der Waals surface area (Å²) in [7, 11) is 0. The molecule has 3 aromatic rings. The van der Waals surface area contributed by atoms with Crippen LogP contribution in [0, 0.1) is 6.92 Å². The Morgan fingerprint density at radius 1 is 1.23 bits per heavy atom. The topological polar surface area (TPSA) is 77.8 Å². The van der Waals surface area contributed by atoms with Gasteiger partial charge in [-0.1, -0.05) is 0 Å². The highest BCUT2D eigenvalue weighted by molar-refractivity contribution is 5.40. The molecule has 3 rings (SSSR count). The van der Waals surface area contributed by atoms with E-state index in [0.29, 0.717) is 17.4 Å². The minimum atomic E-state index is -0.259. The first-order valence-electron chi connectivity index (χ1n) is 6.88. The van der Waals surface area contributed by atoms with Crippen LogP contribution in [0.25, 0.3) is 5.82 Å². The zero-order valence-corrected chi connectivity index (χ0v) is 12.3. The van der Waals surface area contributed by atoms with Crippen LogP contribution in [0.4, 0.5) is 5.82 Å². The van der Waals surface area contributed by atoms with Crippen molar-refractivity contribution in [1.29, 1.82) is 0 Å². The van der Waals surface area contributed by atoms with Crippen molar-refractivity contribution in [3.05, 3.63) is 54.9 Å². The molecule has 0 aliphatic heterocycles. The van der Waals surface area contributed by atoms with E-state index in [4.69, 9.17) is 4.74 Å². The van der Waals surface area contributed by atoms with E-state index in [1.165, 1.54) is 6.33 Å². The molecular weight excluding hydrogens is 280 g/mol. The van der Waals surface area contributed by atoms with Gasteiger partial charge in [0.25, 0.3) is 0 Å².